The normalized spacial score (nSPS) is 13.8. The van der Waals surface area contributed by atoms with Crippen LogP contribution < -0.4 is 11.0 Å². The van der Waals surface area contributed by atoms with Crippen LogP contribution in [0.5, 0.6) is 0 Å². The summed E-state index contributed by atoms with van der Waals surface area (Å²) in [6.07, 6.45) is -4.46. The van der Waals surface area contributed by atoms with Crippen molar-refractivity contribution in [2.24, 2.45) is 0 Å². The lowest BCUT2D eigenvalue weighted by atomic mass is 10.2. The fourth-order valence-electron chi connectivity index (χ4n) is 3.12. The van der Waals surface area contributed by atoms with Crippen LogP contribution in [-0.4, -0.2) is 31.8 Å². The van der Waals surface area contributed by atoms with Crippen molar-refractivity contribution in [2.45, 2.75) is 19.3 Å². The molecule has 156 valence electrons. The maximum Gasteiger partial charge on any atom is 0.416 e. The number of carbonyl (C=O) groups is 1. The highest BCUT2D eigenvalue weighted by atomic mass is 35.5. The summed E-state index contributed by atoms with van der Waals surface area (Å²) in [6, 6.07) is 10.4. The van der Waals surface area contributed by atoms with Gasteiger partial charge >= 0.3 is 17.9 Å². The Labute approximate surface area is 173 Å². The molecule has 1 aliphatic heterocycles. The predicted octanol–water partition coefficient (Wildman–Crippen LogP) is 3.75. The minimum atomic E-state index is -4.46. The molecular weight excluding hydrogens is 423 g/mol. The number of hydrogen-bond acceptors (Lipinski definition) is 3. The van der Waals surface area contributed by atoms with Crippen molar-refractivity contribution in [1.29, 1.82) is 0 Å². The summed E-state index contributed by atoms with van der Waals surface area (Å²) in [5, 5.41) is 7.50. The van der Waals surface area contributed by atoms with Crippen LogP contribution in [0.4, 0.5) is 23.7 Å². The summed E-state index contributed by atoms with van der Waals surface area (Å²) in [5.74, 6) is 0.345. The molecule has 0 fully saturated rings. The van der Waals surface area contributed by atoms with Crippen LogP contribution in [-0.2, 0) is 19.3 Å². The number of carbonyl (C=O) groups excluding carboxylic acids is 1. The Morgan fingerprint density at radius 3 is 2.33 bits per heavy atom. The van der Waals surface area contributed by atoms with Gasteiger partial charge in [-0.05, 0) is 48.5 Å². The lowest BCUT2D eigenvalue weighted by molar-refractivity contribution is -0.137. The minimum Gasteiger partial charge on any atom is -0.315 e. The molecular formula is C19H15ClF3N5O2. The molecule has 2 heterocycles. The van der Waals surface area contributed by atoms with Crippen molar-refractivity contribution in [3.8, 4) is 5.69 Å². The molecule has 1 aliphatic rings. The zero-order chi connectivity index (χ0) is 21.5. The number of fused-ring (bicyclic) bond motifs is 1. The number of aromatic nitrogens is 3. The number of nitrogens with one attached hydrogen (secondary N) is 1. The van der Waals surface area contributed by atoms with Gasteiger partial charge in [-0.15, -0.1) is 5.10 Å². The Hall–Kier alpha value is -3.27. The molecule has 4 rings (SSSR count). The molecule has 0 bridgehead atoms. The summed E-state index contributed by atoms with van der Waals surface area (Å²) in [5.41, 5.74) is -0.495. The second-order valence-corrected chi connectivity index (χ2v) is 7.10. The van der Waals surface area contributed by atoms with Gasteiger partial charge in [-0.2, -0.15) is 17.9 Å². The summed E-state index contributed by atoms with van der Waals surface area (Å²) in [7, 11) is 0. The van der Waals surface area contributed by atoms with Gasteiger partial charge < -0.3 is 10.2 Å². The average Bonchev–Trinajstić information content (AvgIpc) is 3.05. The maximum atomic E-state index is 12.7. The number of alkyl halides is 3. The molecule has 0 spiro atoms. The zero-order valence-corrected chi connectivity index (χ0v) is 16.1. The molecule has 7 nitrogen and oxygen atoms in total. The van der Waals surface area contributed by atoms with E-state index in [1.807, 2.05) is 0 Å². The highest BCUT2D eigenvalue weighted by molar-refractivity contribution is 6.30. The standard InChI is InChI=1S/C19H15ClF3N5O2/c20-13-3-5-14(6-4-13)24-17(29)26-9-10-27-16(11-26)25-28(18(27)30)15-7-1-12(2-8-15)19(21,22)23/h1-8H,9-11H2,(H,24,29). The molecule has 0 radical (unpaired) electrons. The van der Waals surface area contributed by atoms with E-state index in [1.54, 1.807) is 24.3 Å². The van der Waals surface area contributed by atoms with Crippen LogP contribution in [0, 0.1) is 0 Å². The predicted molar refractivity (Wildman–Crippen MR) is 104 cm³/mol. The summed E-state index contributed by atoms with van der Waals surface area (Å²) in [6.45, 7) is 0.593. The van der Waals surface area contributed by atoms with E-state index in [1.165, 1.54) is 21.6 Å². The van der Waals surface area contributed by atoms with Crippen molar-refractivity contribution in [3.63, 3.8) is 0 Å². The van der Waals surface area contributed by atoms with Gasteiger partial charge in [0.2, 0.25) is 0 Å². The number of hydrogen-bond donors (Lipinski definition) is 1. The van der Waals surface area contributed by atoms with Gasteiger partial charge in [-0.1, -0.05) is 11.6 Å². The molecule has 0 saturated carbocycles. The van der Waals surface area contributed by atoms with Gasteiger partial charge in [-0.3, -0.25) is 4.57 Å². The lowest BCUT2D eigenvalue weighted by Crippen LogP contribution is -2.42. The van der Waals surface area contributed by atoms with E-state index in [9.17, 15) is 22.8 Å². The van der Waals surface area contributed by atoms with Crippen LogP contribution in [0.25, 0.3) is 5.69 Å². The number of benzene rings is 2. The molecule has 11 heteroatoms. The summed E-state index contributed by atoms with van der Waals surface area (Å²) < 4.78 is 40.7. The smallest absolute Gasteiger partial charge is 0.315 e. The van der Waals surface area contributed by atoms with E-state index >= 15 is 0 Å². The van der Waals surface area contributed by atoms with E-state index in [-0.39, 0.29) is 31.4 Å². The summed E-state index contributed by atoms with van der Waals surface area (Å²) >= 11 is 5.83. The van der Waals surface area contributed by atoms with Crippen molar-refractivity contribution in [2.75, 3.05) is 11.9 Å². The minimum absolute atomic E-state index is 0.0856. The molecule has 2 amide bonds. The first kappa shape index (κ1) is 20.0. The van der Waals surface area contributed by atoms with Gasteiger partial charge in [-0.25, -0.2) is 9.59 Å². The molecule has 30 heavy (non-hydrogen) atoms. The Balaban J connectivity index is 1.53. The third-order valence-electron chi connectivity index (χ3n) is 4.69. The molecule has 1 aromatic heterocycles. The van der Waals surface area contributed by atoms with Gasteiger partial charge in [0, 0.05) is 23.8 Å². The number of nitrogens with zero attached hydrogens (tertiary/aromatic N) is 4. The second-order valence-electron chi connectivity index (χ2n) is 6.67. The van der Waals surface area contributed by atoms with E-state index in [0.29, 0.717) is 16.5 Å². The first-order valence-corrected chi connectivity index (χ1v) is 9.28. The number of rotatable bonds is 2. The lowest BCUT2D eigenvalue weighted by Gasteiger charge is -2.26. The molecule has 3 aromatic rings. The fraction of sp³-hybridized carbons (Fsp3) is 0.211. The number of urea groups is 1. The van der Waals surface area contributed by atoms with Crippen molar-refractivity contribution in [1.82, 2.24) is 19.2 Å². The largest absolute Gasteiger partial charge is 0.416 e. The van der Waals surface area contributed by atoms with Gasteiger partial charge in [0.25, 0.3) is 0 Å². The Kier molecular flexibility index (Phi) is 5.02. The van der Waals surface area contributed by atoms with Crippen molar-refractivity contribution in [3.05, 3.63) is 75.4 Å². The van der Waals surface area contributed by atoms with Gasteiger partial charge in [0.15, 0.2) is 5.82 Å². The Morgan fingerprint density at radius 2 is 1.70 bits per heavy atom. The van der Waals surface area contributed by atoms with E-state index in [4.69, 9.17) is 11.6 Å². The molecule has 2 aromatic carbocycles. The third-order valence-corrected chi connectivity index (χ3v) is 4.94. The zero-order valence-electron chi connectivity index (χ0n) is 15.4. The monoisotopic (exact) mass is 437 g/mol. The topological polar surface area (TPSA) is 72.2 Å². The SMILES string of the molecule is O=C(Nc1ccc(Cl)cc1)N1CCn2c(nn(-c3ccc(C(F)(F)F)cc3)c2=O)C1. The summed E-state index contributed by atoms with van der Waals surface area (Å²) in [4.78, 5) is 26.6. The number of anilines is 1. The second kappa shape index (κ2) is 7.52. The first-order valence-electron chi connectivity index (χ1n) is 8.90. The molecule has 0 atom stereocenters. The van der Waals surface area contributed by atoms with E-state index in [0.717, 1.165) is 16.8 Å². The average molecular weight is 438 g/mol. The Bertz CT molecular complexity index is 1140. The van der Waals surface area contributed by atoms with Gasteiger partial charge in [0.05, 0.1) is 17.8 Å². The number of halogens is 4. The Morgan fingerprint density at radius 1 is 1.03 bits per heavy atom. The van der Waals surface area contributed by atoms with Crippen LogP contribution in [0.1, 0.15) is 11.4 Å². The van der Waals surface area contributed by atoms with Crippen LogP contribution in [0.15, 0.2) is 53.3 Å². The first-order chi connectivity index (χ1) is 14.2. The van der Waals surface area contributed by atoms with Crippen molar-refractivity contribution >= 4 is 23.3 Å². The number of amides is 2. The molecule has 0 aliphatic carbocycles. The van der Waals surface area contributed by atoms with E-state index < -0.39 is 17.4 Å². The van der Waals surface area contributed by atoms with Crippen LogP contribution in [0.2, 0.25) is 5.02 Å². The highest BCUT2D eigenvalue weighted by Crippen LogP contribution is 2.29. The maximum absolute atomic E-state index is 12.7. The van der Waals surface area contributed by atoms with Gasteiger partial charge in [0.1, 0.15) is 0 Å². The van der Waals surface area contributed by atoms with E-state index in [2.05, 4.69) is 10.4 Å². The molecule has 0 unspecified atom stereocenters. The quantitative estimate of drug-likeness (QED) is 0.663. The van der Waals surface area contributed by atoms with Crippen molar-refractivity contribution < 1.29 is 18.0 Å². The highest BCUT2D eigenvalue weighted by Gasteiger charge is 2.30. The fourth-order valence-corrected chi connectivity index (χ4v) is 3.24. The van der Waals surface area contributed by atoms with Crippen LogP contribution >= 0.6 is 11.6 Å². The van der Waals surface area contributed by atoms with Crippen LogP contribution in [0.3, 0.4) is 0 Å². The third kappa shape index (κ3) is 3.90. The molecule has 1 N–H and O–H groups in total. The molecule has 0 saturated heterocycles.